The smallest absolute Gasteiger partial charge is 0.337 e. The first-order valence-corrected chi connectivity index (χ1v) is 13.8. The summed E-state index contributed by atoms with van der Waals surface area (Å²) in [6.45, 7) is 2.39. The van der Waals surface area contributed by atoms with Gasteiger partial charge in [0.15, 0.2) is 0 Å². The number of fused-ring (bicyclic) bond motifs is 2. The van der Waals surface area contributed by atoms with E-state index in [2.05, 4.69) is 28.1 Å². The molecule has 200 valence electrons. The highest BCUT2D eigenvalue weighted by Gasteiger charge is 2.57. The van der Waals surface area contributed by atoms with Crippen LogP contribution in [0.2, 0.25) is 0 Å². The molecule has 5 nitrogen and oxygen atoms in total. The molecule has 1 aromatic carbocycles. The molecule has 0 N–H and O–H groups in total. The number of hydrogen-bond acceptors (Lipinski definition) is 4. The number of pyridine rings is 1. The standard InChI is InChI=1S/C30H33F3N4O/c31-30(32,33)24-15-21-19-37(12-8-26(21)35-18-24)27(38)29-9-4-7-23(29)16-25(17-29)36-13-10-28(20-34,11-14-36)22-5-2-1-3-6-22/h1-3,5-6,15,18,23,25H,4,7-14,16-17,19H2/t23-,25+,29-/m1/s1. The van der Waals surface area contributed by atoms with E-state index in [0.29, 0.717) is 36.2 Å². The van der Waals surface area contributed by atoms with Gasteiger partial charge in [-0.05, 0) is 61.6 Å². The number of piperidine rings is 1. The second-order valence-electron chi connectivity index (χ2n) is 11.7. The molecule has 2 aliphatic heterocycles. The van der Waals surface area contributed by atoms with Crippen LogP contribution in [0.25, 0.3) is 0 Å². The van der Waals surface area contributed by atoms with Gasteiger partial charge in [0.25, 0.3) is 0 Å². The van der Waals surface area contributed by atoms with Crippen LogP contribution in [0.5, 0.6) is 0 Å². The third-order valence-electron chi connectivity index (χ3n) is 9.90. The lowest BCUT2D eigenvalue weighted by atomic mass is 9.73. The number of nitriles is 1. The van der Waals surface area contributed by atoms with Crippen LogP contribution >= 0.6 is 0 Å². The van der Waals surface area contributed by atoms with Gasteiger partial charge in [-0.15, -0.1) is 0 Å². The fourth-order valence-electron chi connectivity index (χ4n) is 7.80. The molecular weight excluding hydrogens is 489 g/mol. The number of amides is 1. The van der Waals surface area contributed by atoms with Crippen LogP contribution in [-0.4, -0.2) is 46.4 Å². The third kappa shape index (κ3) is 4.20. The summed E-state index contributed by atoms with van der Waals surface area (Å²) in [5.74, 6) is 0.441. The summed E-state index contributed by atoms with van der Waals surface area (Å²) in [7, 11) is 0. The van der Waals surface area contributed by atoms with E-state index in [1.807, 2.05) is 18.2 Å². The predicted molar refractivity (Wildman–Crippen MR) is 136 cm³/mol. The summed E-state index contributed by atoms with van der Waals surface area (Å²) in [4.78, 5) is 22.4. The van der Waals surface area contributed by atoms with Gasteiger partial charge in [0.1, 0.15) is 0 Å². The molecule has 3 fully saturated rings. The third-order valence-corrected chi connectivity index (χ3v) is 9.90. The topological polar surface area (TPSA) is 60.2 Å². The molecule has 1 amide bonds. The average molecular weight is 523 g/mol. The zero-order valence-electron chi connectivity index (χ0n) is 21.5. The number of alkyl halides is 3. The molecule has 1 aromatic heterocycles. The minimum atomic E-state index is -4.44. The van der Waals surface area contributed by atoms with Gasteiger partial charge in [0, 0.05) is 50.5 Å². The van der Waals surface area contributed by atoms with Crippen LogP contribution in [0.3, 0.4) is 0 Å². The monoisotopic (exact) mass is 522 g/mol. The molecule has 0 radical (unpaired) electrons. The van der Waals surface area contributed by atoms with E-state index in [1.165, 1.54) is 6.07 Å². The van der Waals surface area contributed by atoms with E-state index in [-0.39, 0.29) is 12.5 Å². The zero-order valence-corrected chi connectivity index (χ0v) is 21.5. The van der Waals surface area contributed by atoms with Gasteiger partial charge in [-0.25, -0.2) is 0 Å². The number of carbonyl (C=O) groups is 1. The lowest BCUT2D eigenvalue weighted by Gasteiger charge is -2.41. The number of rotatable bonds is 3. The lowest BCUT2D eigenvalue weighted by molar-refractivity contribution is -0.144. The highest BCUT2D eigenvalue weighted by atomic mass is 19.4. The van der Waals surface area contributed by atoms with Crippen molar-refractivity contribution >= 4 is 5.91 Å². The van der Waals surface area contributed by atoms with Gasteiger partial charge in [0.2, 0.25) is 5.91 Å². The summed E-state index contributed by atoms with van der Waals surface area (Å²) < 4.78 is 39.8. The normalized spacial score (nSPS) is 28.9. The molecule has 2 aromatic rings. The first-order valence-electron chi connectivity index (χ1n) is 13.8. The molecule has 2 saturated carbocycles. The molecule has 38 heavy (non-hydrogen) atoms. The van der Waals surface area contributed by atoms with Crippen molar-refractivity contribution < 1.29 is 18.0 Å². The Morgan fingerprint density at radius 3 is 2.58 bits per heavy atom. The van der Waals surface area contributed by atoms with Crippen LogP contribution in [0.15, 0.2) is 42.6 Å². The fraction of sp³-hybridized carbons (Fsp3) is 0.567. The molecular formula is C30H33F3N4O. The van der Waals surface area contributed by atoms with Crippen molar-refractivity contribution in [1.29, 1.82) is 5.26 Å². The molecule has 8 heteroatoms. The van der Waals surface area contributed by atoms with Crippen molar-refractivity contribution in [3.05, 3.63) is 65.0 Å². The highest BCUT2D eigenvalue weighted by Crippen LogP contribution is 2.57. The Morgan fingerprint density at radius 2 is 1.87 bits per heavy atom. The molecule has 3 heterocycles. The van der Waals surface area contributed by atoms with Gasteiger partial charge in [-0.1, -0.05) is 36.8 Å². The SMILES string of the molecule is N#CC1(c2ccccc2)CCN([C@H]2C[C@H]3CCC[C@@]3(C(=O)N3CCc4ncc(C(F)(F)F)cc4C3)C2)CC1. The van der Waals surface area contributed by atoms with Crippen molar-refractivity contribution in [2.24, 2.45) is 11.3 Å². The van der Waals surface area contributed by atoms with Crippen LogP contribution in [0.4, 0.5) is 13.2 Å². The zero-order chi connectivity index (χ0) is 26.5. The van der Waals surface area contributed by atoms with Crippen molar-refractivity contribution in [2.45, 2.75) is 75.5 Å². The van der Waals surface area contributed by atoms with E-state index >= 15 is 0 Å². The number of nitrogens with zero attached hydrogens (tertiary/aromatic N) is 4. The summed E-state index contributed by atoms with van der Waals surface area (Å²) in [5, 5.41) is 10.1. The molecule has 1 saturated heterocycles. The number of benzene rings is 1. The van der Waals surface area contributed by atoms with Crippen LogP contribution < -0.4 is 0 Å². The van der Waals surface area contributed by atoms with Crippen molar-refractivity contribution in [1.82, 2.24) is 14.8 Å². The van der Waals surface area contributed by atoms with Crippen LogP contribution in [-0.2, 0) is 29.4 Å². The quantitative estimate of drug-likeness (QED) is 0.535. The van der Waals surface area contributed by atoms with Crippen molar-refractivity contribution in [3.63, 3.8) is 0 Å². The Kier molecular flexibility index (Phi) is 6.26. The average Bonchev–Trinajstić information content (AvgIpc) is 3.51. The Morgan fingerprint density at radius 1 is 1.11 bits per heavy atom. The summed E-state index contributed by atoms with van der Waals surface area (Å²) in [5.41, 5.74) is 0.650. The molecule has 6 rings (SSSR count). The molecule has 0 spiro atoms. The largest absolute Gasteiger partial charge is 0.417 e. The van der Waals surface area contributed by atoms with E-state index in [9.17, 15) is 23.2 Å². The predicted octanol–water partition coefficient (Wildman–Crippen LogP) is 5.49. The Bertz CT molecular complexity index is 1250. The first-order chi connectivity index (χ1) is 18.2. The Labute approximate surface area is 221 Å². The number of aromatic nitrogens is 1. The number of likely N-dealkylation sites (tertiary alicyclic amines) is 1. The molecule has 0 unspecified atom stereocenters. The summed E-state index contributed by atoms with van der Waals surface area (Å²) in [6.07, 6.45) is 3.24. The van der Waals surface area contributed by atoms with E-state index in [0.717, 1.165) is 69.8 Å². The van der Waals surface area contributed by atoms with Gasteiger partial charge in [-0.2, -0.15) is 18.4 Å². The number of carbonyl (C=O) groups excluding carboxylic acids is 1. The summed E-state index contributed by atoms with van der Waals surface area (Å²) in [6, 6.07) is 14.2. The maximum absolute atomic E-state index is 14.1. The van der Waals surface area contributed by atoms with Gasteiger partial charge < -0.3 is 9.80 Å². The Balaban J connectivity index is 1.16. The van der Waals surface area contributed by atoms with E-state index < -0.39 is 22.6 Å². The van der Waals surface area contributed by atoms with Gasteiger partial charge in [-0.3, -0.25) is 9.78 Å². The number of hydrogen-bond donors (Lipinski definition) is 0. The van der Waals surface area contributed by atoms with Crippen LogP contribution in [0, 0.1) is 22.7 Å². The fourth-order valence-corrected chi connectivity index (χ4v) is 7.80. The van der Waals surface area contributed by atoms with E-state index in [4.69, 9.17) is 0 Å². The Hall–Kier alpha value is -2.92. The molecule has 3 atom stereocenters. The highest BCUT2D eigenvalue weighted by molar-refractivity contribution is 5.84. The minimum Gasteiger partial charge on any atom is -0.337 e. The lowest BCUT2D eigenvalue weighted by Crippen LogP contribution is -2.48. The van der Waals surface area contributed by atoms with Gasteiger partial charge >= 0.3 is 6.18 Å². The molecule has 4 aliphatic rings. The van der Waals surface area contributed by atoms with Crippen LogP contribution in [0.1, 0.15) is 67.3 Å². The number of halogens is 3. The summed E-state index contributed by atoms with van der Waals surface area (Å²) >= 11 is 0. The van der Waals surface area contributed by atoms with Crippen molar-refractivity contribution in [3.8, 4) is 6.07 Å². The van der Waals surface area contributed by atoms with Crippen molar-refractivity contribution in [2.75, 3.05) is 19.6 Å². The van der Waals surface area contributed by atoms with E-state index in [1.54, 1.807) is 4.90 Å². The maximum Gasteiger partial charge on any atom is 0.417 e. The molecule has 2 aliphatic carbocycles. The second-order valence-corrected chi connectivity index (χ2v) is 11.7. The minimum absolute atomic E-state index is 0.123. The molecule has 0 bridgehead atoms. The second kappa shape index (κ2) is 9.37. The maximum atomic E-state index is 14.1. The first kappa shape index (κ1) is 25.4. The van der Waals surface area contributed by atoms with Gasteiger partial charge in [0.05, 0.1) is 22.5 Å².